The summed E-state index contributed by atoms with van der Waals surface area (Å²) in [6, 6.07) is 9.75. The van der Waals surface area contributed by atoms with E-state index in [2.05, 4.69) is 36.5 Å². The van der Waals surface area contributed by atoms with E-state index in [9.17, 15) is 0 Å². The van der Waals surface area contributed by atoms with Gasteiger partial charge in [-0.05, 0) is 55.6 Å². The van der Waals surface area contributed by atoms with Crippen LogP contribution in [0.5, 0.6) is 0 Å². The molecule has 1 aliphatic carbocycles. The van der Waals surface area contributed by atoms with E-state index < -0.39 is 0 Å². The van der Waals surface area contributed by atoms with Crippen LogP contribution in [0.1, 0.15) is 88.2 Å². The normalized spacial score (nSPS) is 20.7. The molecule has 1 aromatic rings. The molecule has 3 nitrogen and oxygen atoms in total. The van der Waals surface area contributed by atoms with Gasteiger partial charge in [-0.15, -0.1) is 0 Å². The zero-order chi connectivity index (χ0) is 17.2. The van der Waals surface area contributed by atoms with E-state index in [1.54, 1.807) is 0 Å². The highest BCUT2D eigenvalue weighted by Crippen LogP contribution is 2.33. The number of benzene rings is 1. The first kappa shape index (κ1) is 18.8. The molecule has 0 atom stereocenters. The molecule has 1 aromatic carbocycles. The summed E-state index contributed by atoms with van der Waals surface area (Å²) in [5.41, 5.74) is 8.41. The second kappa shape index (κ2) is 10.4. The maximum absolute atomic E-state index is 7.34. The Bertz CT molecular complexity index is 472. The Hall–Kier alpha value is -1.51. The van der Waals surface area contributed by atoms with Gasteiger partial charge in [0.2, 0.25) is 0 Å². The first-order valence-electron chi connectivity index (χ1n) is 9.88. The first-order valence-corrected chi connectivity index (χ1v) is 9.88. The van der Waals surface area contributed by atoms with E-state index >= 15 is 0 Å². The van der Waals surface area contributed by atoms with Gasteiger partial charge in [-0.1, -0.05) is 63.3 Å². The first-order chi connectivity index (χ1) is 11.7. The minimum Gasteiger partial charge on any atom is -0.370 e. The Labute approximate surface area is 147 Å². The Morgan fingerprint density at radius 2 is 1.62 bits per heavy atom. The number of unbranched alkanes of at least 4 members (excludes halogenated alkanes) is 5. The van der Waals surface area contributed by atoms with Gasteiger partial charge < -0.3 is 11.1 Å². The molecule has 0 aliphatic heterocycles. The molecule has 134 valence electrons. The number of aryl methyl sites for hydroxylation is 1. The third-order valence-corrected chi connectivity index (χ3v) is 5.36. The number of nitrogens with one attached hydrogen (secondary N) is 2. The summed E-state index contributed by atoms with van der Waals surface area (Å²) in [5.74, 6) is 0.788. The molecule has 0 heterocycles. The van der Waals surface area contributed by atoms with Crippen molar-refractivity contribution in [3.05, 3.63) is 35.4 Å². The van der Waals surface area contributed by atoms with Gasteiger partial charge in [-0.25, -0.2) is 0 Å². The van der Waals surface area contributed by atoms with Crippen LogP contribution in [-0.4, -0.2) is 12.0 Å². The number of hydrogen-bond acceptors (Lipinski definition) is 1. The van der Waals surface area contributed by atoms with Crippen LogP contribution in [0, 0.1) is 5.41 Å². The molecular weight excluding hydrogens is 294 g/mol. The van der Waals surface area contributed by atoms with Gasteiger partial charge in [0.05, 0.1) is 0 Å². The fourth-order valence-electron chi connectivity index (χ4n) is 3.86. The van der Waals surface area contributed by atoms with Crippen LogP contribution in [0.2, 0.25) is 0 Å². The van der Waals surface area contributed by atoms with E-state index in [1.165, 1.54) is 68.9 Å². The van der Waals surface area contributed by atoms with Crippen molar-refractivity contribution in [1.82, 2.24) is 5.32 Å². The molecule has 0 unspecified atom stereocenters. The highest BCUT2D eigenvalue weighted by Gasteiger charge is 2.22. The second-order valence-corrected chi connectivity index (χ2v) is 7.37. The third-order valence-electron chi connectivity index (χ3n) is 5.36. The van der Waals surface area contributed by atoms with Gasteiger partial charge >= 0.3 is 0 Å². The van der Waals surface area contributed by atoms with Gasteiger partial charge in [0.1, 0.15) is 0 Å². The molecule has 0 amide bonds. The lowest BCUT2D eigenvalue weighted by atomic mass is 9.81. The Kier molecular flexibility index (Phi) is 8.14. The van der Waals surface area contributed by atoms with Crippen LogP contribution in [0.4, 0.5) is 0 Å². The minimum atomic E-state index is 0.109. The summed E-state index contributed by atoms with van der Waals surface area (Å²) in [4.78, 5) is 0. The van der Waals surface area contributed by atoms with Gasteiger partial charge in [0.15, 0.2) is 5.96 Å². The predicted molar refractivity (Wildman–Crippen MR) is 104 cm³/mol. The fourth-order valence-corrected chi connectivity index (χ4v) is 3.86. The van der Waals surface area contributed by atoms with E-state index in [0.29, 0.717) is 12.0 Å². The third kappa shape index (κ3) is 6.54. The van der Waals surface area contributed by atoms with Gasteiger partial charge in [0.25, 0.3) is 0 Å². The Morgan fingerprint density at radius 1 is 1.00 bits per heavy atom. The highest BCUT2D eigenvalue weighted by atomic mass is 15.1. The number of nitrogens with two attached hydrogens (primary N) is 1. The quantitative estimate of drug-likeness (QED) is 0.335. The summed E-state index contributed by atoms with van der Waals surface area (Å²) in [7, 11) is 0. The minimum absolute atomic E-state index is 0.109. The zero-order valence-corrected chi connectivity index (χ0v) is 15.3. The van der Waals surface area contributed by atoms with Gasteiger partial charge in [-0.3, -0.25) is 5.41 Å². The van der Waals surface area contributed by atoms with Crippen LogP contribution in [-0.2, 0) is 6.42 Å². The van der Waals surface area contributed by atoms with Crippen molar-refractivity contribution in [2.24, 2.45) is 5.73 Å². The average Bonchev–Trinajstić information content (AvgIpc) is 2.59. The number of rotatable bonds is 9. The van der Waals surface area contributed by atoms with E-state index in [1.807, 2.05) is 0 Å². The SMILES string of the molecule is CCCCCCCCc1ccc([C@H]2CC[C@H](NC(=N)N)CC2)cc1. The van der Waals surface area contributed by atoms with Crippen molar-refractivity contribution in [3.8, 4) is 0 Å². The maximum atomic E-state index is 7.34. The van der Waals surface area contributed by atoms with Gasteiger partial charge in [0, 0.05) is 6.04 Å². The molecule has 0 aromatic heterocycles. The molecule has 1 fully saturated rings. The lowest BCUT2D eigenvalue weighted by molar-refractivity contribution is 0.372. The molecule has 24 heavy (non-hydrogen) atoms. The van der Waals surface area contributed by atoms with E-state index in [0.717, 1.165) is 12.8 Å². The molecule has 3 heteroatoms. The molecule has 1 aliphatic rings. The van der Waals surface area contributed by atoms with Crippen molar-refractivity contribution in [1.29, 1.82) is 5.41 Å². The van der Waals surface area contributed by atoms with Crippen LogP contribution in [0.15, 0.2) is 24.3 Å². The predicted octanol–water partition coefficient (Wildman–Crippen LogP) is 5.10. The van der Waals surface area contributed by atoms with Crippen LogP contribution >= 0.6 is 0 Å². The fraction of sp³-hybridized carbons (Fsp3) is 0.667. The van der Waals surface area contributed by atoms with Crippen LogP contribution < -0.4 is 11.1 Å². The molecule has 2 rings (SSSR count). The summed E-state index contributed by atoms with van der Waals surface area (Å²) < 4.78 is 0. The summed E-state index contributed by atoms with van der Waals surface area (Å²) in [5, 5.41) is 10.4. The van der Waals surface area contributed by atoms with Crippen molar-refractivity contribution in [2.45, 2.75) is 89.5 Å². The molecule has 0 saturated heterocycles. The van der Waals surface area contributed by atoms with Gasteiger partial charge in [-0.2, -0.15) is 0 Å². The van der Waals surface area contributed by atoms with Crippen molar-refractivity contribution in [3.63, 3.8) is 0 Å². The zero-order valence-electron chi connectivity index (χ0n) is 15.3. The molecule has 4 N–H and O–H groups in total. The molecular formula is C21H35N3. The maximum Gasteiger partial charge on any atom is 0.185 e. The topological polar surface area (TPSA) is 61.9 Å². The Morgan fingerprint density at radius 3 is 2.25 bits per heavy atom. The molecule has 0 spiro atoms. The second-order valence-electron chi connectivity index (χ2n) is 7.37. The largest absolute Gasteiger partial charge is 0.370 e. The van der Waals surface area contributed by atoms with Crippen LogP contribution in [0.3, 0.4) is 0 Å². The lowest BCUT2D eigenvalue weighted by Gasteiger charge is -2.29. The molecule has 0 bridgehead atoms. The van der Waals surface area contributed by atoms with Crippen molar-refractivity contribution in [2.75, 3.05) is 0 Å². The lowest BCUT2D eigenvalue weighted by Crippen LogP contribution is -2.41. The van der Waals surface area contributed by atoms with Crippen LogP contribution in [0.25, 0.3) is 0 Å². The number of guanidine groups is 1. The van der Waals surface area contributed by atoms with Crippen molar-refractivity contribution >= 4 is 5.96 Å². The standard InChI is InChI=1S/C21H35N3/c1-2-3-4-5-6-7-8-17-9-11-18(12-10-17)19-13-15-20(16-14-19)24-21(22)23/h9-12,19-20H,2-8,13-16H2,1H3,(H4,22,23,24)/t19-,20-. The average molecular weight is 330 g/mol. The summed E-state index contributed by atoms with van der Waals surface area (Å²) in [6.07, 6.45) is 14.0. The summed E-state index contributed by atoms with van der Waals surface area (Å²) in [6.45, 7) is 2.27. The number of hydrogen-bond donors (Lipinski definition) is 3. The molecule has 1 saturated carbocycles. The smallest absolute Gasteiger partial charge is 0.185 e. The summed E-state index contributed by atoms with van der Waals surface area (Å²) >= 11 is 0. The molecule has 0 radical (unpaired) electrons. The van der Waals surface area contributed by atoms with Crippen molar-refractivity contribution < 1.29 is 0 Å². The Balaban J connectivity index is 1.69. The van der Waals surface area contributed by atoms with E-state index in [-0.39, 0.29) is 5.96 Å². The highest BCUT2D eigenvalue weighted by molar-refractivity contribution is 5.74. The monoisotopic (exact) mass is 329 g/mol. The van der Waals surface area contributed by atoms with E-state index in [4.69, 9.17) is 11.1 Å².